The fourth-order valence-corrected chi connectivity index (χ4v) is 2.13. The second-order valence-corrected chi connectivity index (χ2v) is 4.58. The summed E-state index contributed by atoms with van der Waals surface area (Å²) in [4.78, 5) is 4.15. The van der Waals surface area contributed by atoms with Crippen molar-refractivity contribution in [2.24, 2.45) is 5.73 Å². The first kappa shape index (κ1) is 13.6. The summed E-state index contributed by atoms with van der Waals surface area (Å²) in [5, 5.41) is 0.0321. The average Bonchev–Trinajstić information content (AvgIpc) is 2.90. The Morgan fingerprint density at radius 3 is 2.57 bits per heavy atom. The molecule has 3 aromatic rings. The van der Waals surface area contributed by atoms with Gasteiger partial charge in [0.1, 0.15) is 11.3 Å². The van der Waals surface area contributed by atoms with Crippen molar-refractivity contribution in [1.82, 2.24) is 4.98 Å². The quantitative estimate of drug-likeness (QED) is 0.777. The Morgan fingerprint density at radius 1 is 1.14 bits per heavy atom. The number of hydrogen-bond acceptors (Lipinski definition) is 3. The molecule has 0 saturated carbocycles. The number of hydrogen-bond donors (Lipinski definition) is 1. The van der Waals surface area contributed by atoms with E-state index in [1.807, 2.05) is 0 Å². The van der Waals surface area contributed by atoms with Crippen LogP contribution in [-0.2, 0) is 12.7 Å². The van der Waals surface area contributed by atoms with E-state index in [1.54, 1.807) is 18.3 Å². The van der Waals surface area contributed by atoms with Crippen LogP contribution in [0.2, 0.25) is 0 Å². The minimum absolute atomic E-state index is 0.0321. The lowest BCUT2D eigenvalue weighted by atomic mass is 10.1. The largest absolute Gasteiger partial charge is 0.454 e. The van der Waals surface area contributed by atoms with E-state index in [-0.39, 0.29) is 11.0 Å². The van der Waals surface area contributed by atoms with Crippen LogP contribution in [0.1, 0.15) is 11.1 Å². The van der Waals surface area contributed by atoms with Crippen molar-refractivity contribution in [3.8, 4) is 11.5 Å². The van der Waals surface area contributed by atoms with Gasteiger partial charge in [-0.05, 0) is 29.8 Å². The molecule has 3 rings (SSSR count). The van der Waals surface area contributed by atoms with E-state index >= 15 is 0 Å². The van der Waals surface area contributed by atoms with Crippen molar-refractivity contribution in [3.05, 3.63) is 53.7 Å². The maximum absolute atomic E-state index is 13.0. The summed E-state index contributed by atoms with van der Waals surface area (Å²) in [5.74, 6) is 0.297. The highest BCUT2D eigenvalue weighted by Crippen LogP contribution is 2.37. The second-order valence-electron chi connectivity index (χ2n) is 4.58. The molecule has 0 bridgehead atoms. The Morgan fingerprint density at radius 2 is 1.95 bits per heavy atom. The Bertz CT molecular complexity index is 776. The maximum Gasteiger partial charge on any atom is 0.417 e. The Labute approximate surface area is 118 Å². The third-order valence-corrected chi connectivity index (χ3v) is 3.18. The summed E-state index contributed by atoms with van der Waals surface area (Å²) in [5.41, 5.74) is 6.26. The van der Waals surface area contributed by atoms with E-state index in [1.165, 1.54) is 18.2 Å². The van der Waals surface area contributed by atoms with Gasteiger partial charge in [-0.25, -0.2) is 0 Å². The predicted molar refractivity (Wildman–Crippen MR) is 72.3 cm³/mol. The van der Waals surface area contributed by atoms with Crippen molar-refractivity contribution in [2.75, 3.05) is 0 Å². The molecule has 0 spiro atoms. The van der Waals surface area contributed by atoms with E-state index in [2.05, 4.69) is 4.98 Å². The van der Waals surface area contributed by atoms with Crippen molar-refractivity contribution in [3.63, 3.8) is 0 Å². The minimum atomic E-state index is -4.42. The van der Waals surface area contributed by atoms with Gasteiger partial charge < -0.3 is 10.2 Å². The number of benzene rings is 1. The summed E-state index contributed by atoms with van der Waals surface area (Å²) in [6, 6.07) is 8.66. The van der Waals surface area contributed by atoms with Crippen LogP contribution in [0.5, 0.6) is 0 Å². The summed E-state index contributed by atoms with van der Waals surface area (Å²) in [6.45, 7) is 0.353. The lowest BCUT2D eigenvalue weighted by molar-refractivity contribution is -0.136. The molecule has 0 aliphatic carbocycles. The molecule has 108 valence electrons. The van der Waals surface area contributed by atoms with Crippen molar-refractivity contribution in [2.45, 2.75) is 12.7 Å². The van der Waals surface area contributed by atoms with E-state index in [0.29, 0.717) is 18.0 Å². The number of aromatic nitrogens is 1. The number of halogens is 3. The predicted octanol–water partition coefficient (Wildman–Crippen LogP) is 3.97. The topological polar surface area (TPSA) is 52.0 Å². The first-order chi connectivity index (χ1) is 9.99. The maximum atomic E-state index is 13.0. The number of nitrogens with two attached hydrogens (primary N) is 1. The Kier molecular flexibility index (Phi) is 3.17. The van der Waals surface area contributed by atoms with Crippen LogP contribution in [0.25, 0.3) is 22.4 Å². The van der Waals surface area contributed by atoms with Crippen LogP contribution in [0, 0.1) is 0 Å². The number of pyridine rings is 1. The summed E-state index contributed by atoms with van der Waals surface area (Å²) in [6.07, 6.45) is -2.84. The highest BCUT2D eigenvalue weighted by Gasteiger charge is 2.33. The number of furan rings is 1. The van der Waals surface area contributed by atoms with E-state index in [0.717, 1.165) is 11.6 Å². The molecule has 2 aromatic heterocycles. The molecule has 0 unspecified atom stereocenters. The lowest BCUT2D eigenvalue weighted by Gasteiger charge is -2.06. The van der Waals surface area contributed by atoms with Gasteiger partial charge in [-0.3, -0.25) is 4.98 Å². The molecular weight excluding hydrogens is 281 g/mol. The van der Waals surface area contributed by atoms with Gasteiger partial charge in [0, 0.05) is 18.1 Å². The highest BCUT2D eigenvalue weighted by atomic mass is 19.4. The minimum Gasteiger partial charge on any atom is -0.454 e. The zero-order valence-electron chi connectivity index (χ0n) is 10.8. The molecule has 2 N–H and O–H groups in total. The smallest absolute Gasteiger partial charge is 0.417 e. The number of rotatable bonds is 2. The molecule has 2 heterocycles. The van der Waals surface area contributed by atoms with Gasteiger partial charge in [0.05, 0.1) is 5.56 Å². The van der Waals surface area contributed by atoms with Gasteiger partial charge in [-0.1, -0.05) is 12.1 Å². The fourth-order valence-electron chi connectivity index (χ4n) is 2.13. The third kappa shape index (κ3) is 2.50. The molecule has 0 atom stereocenters. The molecule has 0 amide bonds. The van der Waals surface area contributed by atoms with E-state index < -0.39 is 11.7 Å². The van der Waals surface area contributed by atoms with Crippen molar-refractivity contribution < 1.29 is 17.6 Å². The van der Waals surface area contributed by atoms with E-state index in [4.69, 9.17) is 10.2 Å². The Balaban J connectivity index is 2.12. The molecular formula is C15H11F3N2O. The average molecular weight is 292 g/mol. The van der Waals surface area contributed by atoms with Gasteiger partial charge in [-0.15, -0.1) is 0 Å². The monoisotopic (exact) mass is 292 g/mol. The third-order valence-electron chi connectivity index (χ3n) is 3.18. The SMILES string of the molecule is NCc1ccc(-c2cc3c(C(F)(F)F)cccc3o2)nc1. The molecule has 3 nitrogen and oxygen atoms in total. The van der Waals surface area contributed by atoms with Crippen LogP contribution >= 0.6 is 0 Å². The van der Waals surface area contributed by atoms with Crippen LogP contribution in [0.15, 0.2) is 47.0 Å². The van der Waals surface area contributed by atoms with Crippen LogP contribution < -0.4 is 5.73 Å². The molecule has 0 aliphatic heterocycles. The van der Waals surface area contributed by atoms with Gasteiger partial charge in [0.25, 0.3) is 0 Å². The zero-order valence-corrected chi connectivity index (χ0v) is 10.8. The zero-order chi connectivity index (χ0) is 15.0. The molecule has 6 heteroatoms. The molecule has 0 fully saturated rings. The second kappa shape index (κ2) is 4.89. The van der Waals surface area contributed by atoms with Crippen LogP contribution in [-0.4, -0.2) is 4.98 Å². The van der Waals surface area contributed by atoms with Crippen LogP contribution in [0.4, 0.5) is 13.2 Å². The number of fused-ring (bicyclic) bond motifs is 1. The van der Waals surface area contributed by atoms with Gasteiger partial charge in [0.15, 0.2) is 5.76 Å². The van der Waals surface area contributed by atoms with Crippen LogP contribution in [0.3, 0.4) is 0 Å². The lowest BCUT2D eigenvalue weighted by Crippen LogP contribution is -2.04. The van der Waals surface area contributed by atoms with Crippen molar-refractivity contribution in [1.29, 1.82) is 0 Å². The Hall–Kier alpha value is -2.34. The summed E-state index contributed by atoms with van der Waals surface area (Å²) < 4.78 is 44.3. The number of alkyl halides is 3. The fraction of sp³-hybridized carbons (Fsp3) is 0.133. The molecule has 21 heavy (non-hydrogen) atoms. The standard InChI is InChI=1S/C15H11F3N2O/c16-15(17,18)11-2-1-3-13-10(11)6-14(21-13)12-5-4-9(7-19)8-20-12/h1-6,8H,7,19H2. The normalized spacial score (nSPS) is 12.0. The number of nitrogens with zero attached hydrogens (tertiary/aromatic N) is 1. The van der Waals surface area contributed by atoms with Gasteiger partial charge in [0.2, 0.25) is 0 Å². The molecule has 0 aliphatic rings. The van der Waals surface area contributed by atoms with Gasteiger partial charge >= 0.3 is 6.18 Å². The highest BCUT2D eigenvalue weighted by molar-refractivity contribution is 5.85. The van der Waals surface area contributed by atoms with E-state index in [9.17, 15) is 13.2 Å². The summed E-state index contributed by atoms with van der Waals surface area (Å²) in [7, 11) is 0. The first-order valence-corrected chi connectivity index (χ1v) is 6.24. The van der Waals surface area contributed by atoms with Crippen molar-refractivity contribution >= 4 is 11.0 Å². The first-order valence-electron chi connectivity index (χ1n) is 6.24. The molecule has 1 aromatic carbocycles. The molecule has 0 radical (unpaired) electrons. The summed E-state index contributed by atoms with van der Waals surface area (Å²) >= 11 is 0. The molecule has 0 saturated heterocycles. The van der Waals surface area contributed by atoms with Gasteiger partial charge in [-0.2, -0.15) is 13.2 Å².